The zero-order chi connectivity index (χ0) is 70.1. The Bertz CT molecular complexity index is 3310. The fourth-order valence-corrected chi connectivity index (χ4v) is 22.2. The normalized spacial score (nSPS) is 11.7. The lowest BCUT2D eigenvalue weighted by molar-refractivity contribution is 0.607. The Morgan fingerprint density at radius 1 is 0.210 bits per heavy atom. The van der Waals surface area contributed by atoms with Crippen LogP contribution in [0.4, 0.5) is 17.1 Å². The van der Waals surface area contributed by atoms with Crippen molar-refractivity contribution in [3.63, 3.8) is 0 Å². The van der Waals surface area contributed by atoms with Gasteiger partial charge in [0.15, 0.2) is 0 Å². The number of hydrogen-bond donors (Lipinski definition) is 0. The smallest absolute Gasteiger partial charge is 0.0481 e. The highest BCUT2D eigenvalue weighted by Crippen LogP contribution is 2.48. The minimum absolute atomic E-state index is 1.15. The summed E-state index contributed by atoms with van der Waals surface area (Å²) in [6.45, 7) is 21.1. The molecule has 0 fully saturated rings. The van der Waals surface area contributed by atoms with E-state index in [-0.39, 0.29) is 0 Å². The van der Waals surface area contributed by atoms with E-state index in [1.54, 1.807) is 33.4 Å². The van der Waals surface area contributed by atoms with Crippen molar-refractivity contribution in [2.45, 2.75) is 332 Å². The number of aryl methyl sites for hydroxylation is 9. The predicted molar refractivity (Wildman–Crippen MR) is 458 cm³/mol. The van der Waals surface area contributed by atoms with E-state index >= 15 is 0 Å². The second kappa shape index (κ2) is 44.5. The summed E-state index contributed by atoms with van der Waals surface area (Å²) in [7, 11) is 0. The number of rotatable bonds is 51. The van der Waals surface area contributed by atoms with Gasteiger partial charge < -0.3 is 4.90 Å². The van der Waals surface area contributed by atoms with Gasteiger partial charge in [-0.15, -0.1) is 68.0 Å². The lowest BCUT2D eigenvalue weighted by Gasteiger charge is -2.26. The van der Waals surface area contributed by atoms with Gasteiger partial charge in [-0.3, -0.25) is 0 Å². The Morgan fingerprint density at radius 2 is 0.400 bits per heavy atom. The van der Waals surface area contributed by atoms with E-state index in [1.165, 1.54) is 343 Å². The third-order valence-corrected chi connectivity index (χ3v) is 28.7. The molecule has 6 heterocycles. The first-order chi connectivity index (χ1) is 49.1. The molecule has 0 aliphatic heterocycles. The molecule has 0 radical (unpaired) electrons. The van der Waals surface area contributed by atoms with Crippen LogP contribution in [0.15, 0.2) is 109 Å². The number of anilines is 3. The van der Waals surface area contributed by atoms with Gasteiger partial charge in [0.1, 0.15) is 0 Å². The third-order valence-electron chi connectivity index (χ3n) is 21.2. The zero-order valence-electron chi connectivity index (χ0n) is 64.0. The summed E-state index contributed by atoms with van der Waals surface area (Å²) < 4.78 is 0. The third kappa shape index (κ3) is 24.4. The molecule has 0 atom stereocenters. The van der Waals surface area contributed by atoms with Crippen LogP contribution in [0.1, 0.15) is 321 Å². The molecule has 9 aromatic rings. The summed E-state index contributed by atoms with van der Waals surface area (Å²) in [5, 5.41) is 0. The Morgan fingerprint density at radius 3 is 0.620 bits per heavy atom. The summed E-state index contributed by atoms with van der Waals surface area (Å²) in [6, 6.07) is 44.5. The van der Waals surface area contributed by atoms with Gasteiger partial charge in [-0.2, -0.15) is 0 Å². The van der Waals surface area contributed by atoms with Gasteiger partial charge in [-0.05, 0) is 221 Å². The van der Waals surface area contributed by atoms with Gasteiger partial charge in [-0.1, -0.05) is 271 Å². The lowest BCUT2D eigenvalue weighted by Crippen LogP contribution is -2.09. The predicted octanol–water partition coefficient (Wildman–Crippen LogP) is 33.9. The number of unbranched alkanes of at least 4 members (excludes halogenated alkanes) is 30. The van der Waals surface area contributed by atoms with Crippen LogP contribution in [0.5, 0.6) is 0 Å². The summed E-state index contributed by atoms with van der Waals surface area (Å²) in [6.07, 6.45) is 55.1. The van der Waals surface area contributed by atoms with Crippen LogP contribution in [0.2, 0.25) is 0 Å². The average Bonchev–Trinajstić information content (AvgIpc) is 1.31. The molecular weight excluding hydrogens is 1320 g/mol. The Kier molecular flexibility index (Phi) is 35.5. The van der Waals surface area contributed by atoms with Crippen LogP contribution < -0.4 is 4.90 Å². The highest BCUT2D eigenvalue weighted by Gasteiger charge is 2.22. The van der Waals surface area contributed by atoms with Crippen LogP contribution in [-0.2, 0) is 38.5 Å². The van der Waals surface area contributed by atoms with E-state index in [4.69, 9.17) is 0 Å². The Balaban J connectivity index is 1.04. The fourth-order valence-electron chi connectivity index (χ4n) is 14.9. The van der Waals surface area contributed by atoms with Gasteiger partial charge in [0.2, 0.25) is 0 Å². The van der Waals surface area contributed by atoms with Crippen LogP contribution >= 0.6 is 68.0 Å². The molecule has 6 aromatic heterocycles. The summed E-state index contributed by atoms with van der Waals surface area (Å²) in [5.41, 5.74) is 16.9. The minimum Gasteiger partial charge on any atom is -0.311 e. The first-order valence-electron chi connectivity index (χ1n) is 40.9. The van der Waals surface area contributed by atoms with Gasteiger partial charge in [0.25, 0.3) is 0 Å². The molecule has 0 aliphatic carbocycles. The molecule has 0 bridgehead atoms. The molecular formula is C93H129NS6. The number of hydrogen-bond acceptors (Lipinski definition) is 7. The topological polar surface area (TPSA) is 3.24 Å². The van der Waals surface area contributed by atoms with Crippen LogP contribution in [-0.4, -0.2) is 0 Å². The van der Waals surface area contributed by atoms with Gasteiger partial charge >= 0.3 is 0 Å². The molecule has 0 N–H and O–H groups in total. The summed E-state index contributed by atoms with van der Waals surface area (Å²) in [4.78, 5) is 20.2. The minimum atomic E-state index is 1.15. The van der Waals surface area contributed by atoms with Crippen LogP contribution in [0.25, 0.3) is 60.6 Å². The van der Waals surface area contributed by atoms with E-state index in [2.05, 4.69) is 176 Å². The molecule has 100 heavy (non-hydrogen) atoms. The SMILES string of the molecule is CCCCCCCCc1cc(-c2sc(-c3ccc(N(c4ccc(-c5cc(CCCCCCCC)c(-c6cc(CCCCCCCC)c(C)s6)s5)cc4)c4ccc(-c5cc(CCCCCCCC)c(-c6cc(CCCCCCCC)c(C)s6)s5)cc4)cc3)cc2CCCCCCCC)sc1C. The number of thiophene rings is 6. The average molecular weight is 1450 g/mol. The van der Waals surface area contributed by atoms with E-state index in [1.807, 2.05) is 68.0 Å². The maximum Gasteiger partial charge on any atom is 0.0481 e. The number of benzene rings is 3. The highest BCUT2D eigenvalue weighted by molar-refractivity contribution is 7.25. The van der Waals surface area contributed by atoms with Crippen LogP contribution in [0, 0.1) is 20.8 Å². The lowest BCUT2D eigenvalue weighted by atomic mass is 10.0. The molecule has 0 spiro atoms. The Hall–Kier alpha value is -4.34. The summed E-state index contributed by atoms with van der Waals surface area (Å²) >= 11 is 12.2. The van der Waals surface area contributed by atoms with Crippen molar-refractivity contribution in [1.29, 1.82) is 0 Å². The van der Waals surface area contributed by atoms with Crippen LogP contribution in [0.3, 0.4) is 0 Å². The van der Waals surface area contributed by atoms with E-state index in [9.17, 15) is 0 Å². The van der Waals surface area contributed by atoms with E-state index in [0.29, 0.717) is 0 Å². The maximum atomic E-state index is 2.58. The molecule has 0 aliphatic rings. The van der Waals surface area contributed by atoms with E-state index in [0.717, 1.165) is 19.3 Å². The fraction of sp³-hybridized carbons (Fsp3) is 0.548. The first-order valence-corrected chi connectivity index (χ1v) is 45.8. The molecule has 3 aromatic carbocycles. The van der Waals surface area contributed by atoms with Gasteiger partial charge in [0, 0.05) is 75.6 Å². The monoisotopic (exact) mass is 1450 g/mol. The molecule has 542 valence electrons. The van der Waals surface area contributed by atoms with Crippen molar-refractivity contribution in [1.82, 2.24) is 0 Å². The van der Waals surface area contributed by atoms with Gasteiger partial charge in [0.05, 0.1) is 0 Å². The molecule has 1 nitrogen and oxygen atoms in total. The zero-order valence-corrected chi connectivity index (χ0v) is 68.9. The quantitative estimate of drug-likeness (QED) is 0.0344. The largest absolute Gasteiger partial charge is 0.311 e. The second-order valence-electron chi connectivity index (χ2n) is 29.6. The van der Waals surface area contributed by atoms with Crippen molar-refractivity contribution in [3.05, 3.63) is 157 Å². The molecule has 0 amide bonds. The van der Waals surface area contributed by atoms with Crippen molar-refractivity contribution < 1.29 is 0 Å². The first kappa shape index (κ1) is 79.8. The second-order valence-corrected chi connectivity index (χ2v) is 36.5. The van der Waals surface area contributed by atoms with Crippen molar-refractivity contribution >= 4 is 85.1 Å². The molecule has 0 unspecified atom stereocenters. The highest BCUT2D eigenvalue weighted by atomic mass is 32.1. The molecule has 9 rings (SSSR count). The molecule has 0 saturated heterocycles. The summed E-state index contributed by atoms with van der Waals surface area (Å²) in [5.74, 6) is 0. The molecule has 0 saturated carbocycles. The number of nitrogens with zero attached hydrogens (tertiary/aromatic N) is 1. The van der Waals surface area contributed by atoms with Crippen molar-refractivity contribution in [3.8, 4) is 60.6 Å². The maximum absolute atomic E-state index is 2.58. The van der Waals surface area contributed by atoms with Crippen molar-refractivity contribution in [2.75, 3.05) is 4.90 Å². The molecule has 7 heteroatoms. The van der Waals surface area contributed by atoms with Crippen molar-refractivity contribution in [2.24, 2.45) is 0 Å². The van der Waals surface area contributed by atoms with Gasteiger partial charge in [-0.25, -0.2) is 0 Å². The Labute approximate surface area is 634 Å². The standard InChI is InChI=1S/C93H129NS6/c1-10-16-22-28-34-40-46-76-64-88(95-70(76)7)91-79(49-43-37-31-25-19-13-4)67-85(98-91)73-52-58-82(59-53-73)94(83-60-54-74(55-61-83)86-68-80(50-44-38-32-26-20-14-5)92(99-86)89-65-77(71(8)96-89)47-41-35-29-23-17-11-2)84-62-56-75(57-63-84)87-69-81(51-45-39-33-27-21-15-6)93(100-87)90-66-78(72(9)97-90)48-42-36-30-24-18-12-3/h52-69H,10-51H2,1-9H3. The van der Waals surface area contributed by atoms with E-state index < -0.39 is 0 Å².